The number of nitrogens with zero attached hydrogens (tertiary/aromatic N) is 1. The number of amides is 1. The van der Waals surface area contributed by atoms with Gasteiger partial charge in [-0.25, -0.2) is 13.9 Å². The summed E-state index contributed by atoms with van der Waals surface area (Å²) >= 11 is 0. The van der Waals surface area contributed by atoms with Crippen molar-refractivity contribution in [2.45, 2.75) is 36.8 Å². The van der Waals surface area contributed by atoms with E-state index in [1.807, 2.05) is 37.3 Å². The third-order valence-electron chi connectivity index (χ3n) is 5.07. The summed E-state index contributed by atoms with van der Waals surface area (Å²) in [5.41, 5.74) is 3.01. The molecule has 0 aliphatic heterocycles. The Labute approximate surface area is 173 Å². The highest BCUT2D eigenvalue weighted by atomic mass is 32.2. The van der Waals surface area contributed by atoms with Crippen molar-refractivity contribution >= 4 is 26.8 Å². The molecule has 1 heterocycles. The van der Waals surface area contributed by atoms with Gasteiger partial charge in [-0.15, -0.1) is 0 Å². The smallest absolute Gasteiger partial charge is 0.264 e. The first-order valence-corrected chi connectivity index (χ1v) is 10.9. The summed E-state index contributed by atoms with van der Waals surface area (Å²) in [6, 6.07) is 15.7. The van der Waals surface area contributed by atoms with Crippen molar-refractivity contribution < 1.29 is 23.2 Å². The molecule has 0 spiro atoms. The zero-order chi connectivity index (χ0) is 21.4. The summed E-state index contributed by atoms with van der Waals surface area (Å²) in [4.78, 5) is 16.2. The second-order valence-electron chi connectivity index (χ2n) is 7.33. The summed E-state index contributed by atoms with van der Waals surface area (Å²) in [6.45, 7) is 2.24. The lowest BCUT2D eigenvalue weighted by molar-refractivity contribution is -0.131. The van der Waals surface area contributed by atoms with Gasteiger partial charge in [0.15, 0.2) is 0 Å². The maximum Gasteiger partial charge on any atom is 0.264 e. The highest BCUT2D eigenvalue weighted by molar-refractivity contribution is 7.89. The molecule has 9 heteroatoms. The second-order valence-corrected chi connectivity index (χ2v) is 9.01. The van der Waals surface area contributed by atoms with Crippen LogP contribution in [0.4, 0.5) is 0 Å². The second kappa shape index (κ2) is 7.67. The molecule has 1 aromatic heterocycles. The number of hydroxylamine groups is 1. The highest BCUT2D eigenvalue weighted by Crippen LogP contribution is 2.37. The van der Waals surface area contributed by atoms with Gasteiger partial charge in [-0.2, -0.15) is 4.72 Å². The van der Waals surface area contributed by atoms with E-state index in [2.05, 4.69) is 9.71 Å². The fourth-order valence-electron chi connectivity index (χ4n) is 3.31. The molecule has 1 aliphatic rings. The highest BCUT2D eigenvalue weighted by Gasteiger charge is 2.52. The van der Waals surface area contributed by atoms with Crippen LogP contribution in [0.2, 0.25) is 0 Å². The number of ether oxygens (including phenoxy) is 1. The fraction of sp³-hybridized carbons (Fsp3) is 0.238. The molecular weight excluding hydrogens is 406 g/mol. The Morgan fingerprint density at radius 2 is 1.87 bits per heavy atom. The third-order valence-corrected chi connectivity index (χ3v) is 6.63. The minimum atomic E-state index is -3.91. The normalized spacial score (nSPS) is 15.0. The number of aromatic nitrogens is 1. The molecule has 3 aromatic rings. The number of sulfonamides is 1. The molecule has 0 bridgehead atoms. The number of hydrogen-bond acceptors (Lipinski definition) is 6. The first kappa shape index (κ1) is 20.3. The van der Waals surface area contributed by atoms with Crippen molar-refractivity contribution in [1.82, 2.24) is 15.2 Å². The number of pyridine rings is 1. The van der Waals surface area contributed by atoms with Crippen LogP contribution in [-0.2, 0) is 21.4 Å². The number of hydrogen-bond donors (Lipinski definition) is 3. The van der Waals surface area contributed by atoms with Crippen molar-refractivity contribution in [3.8, 4) is 5.75 Å². The van der Waals surface area contributed by atoms with Gasteiger partial charge >= 0.3 is 0 Å². The fourth-order valence-corrected chi connectivity index (χ4v) is 4.74. The Morgan fingerprint density at radius 3 is 2.53 bits per heavy atom. The van der Waals surface area contributed by atoms with Crippen LogP contribution in [0.25, 0.3) is 10.9 Å². The van der Waals surface area contributed by atoms with Gasteiger partial charge in [0.2, 0.25) is 10.0 Å². The van der Waals surface area contributed by atoms with Crippen LogP contribution in [0.3, 0.4) is 0 Å². The predicted molar refractivity (Wildman–Crippen MR) is 109 cm³/mol. The van der Waals surface area contributed by atoms with Crippen LogP contribution in [0.15, 0.2) is 59.5 Å². The Balaban J connectivity index is 1.48. The first-order valence-electron chi connectivity index (χ1n) is 9.40. The Kier molecular flexibility index (Phi) is 5.19. The Bertz CT molecular complexity index is 1210. The predicted octanol–water partition coefficient (Wildman–Crippen LogP) is 2.44. The van der Waals surface area contributed by atoms with Gasteiger partial charge in [-0.05, 0) is 56.2 Å². The number of carbonyl (C=O) groups is 1. The molecule has 1 aliphatic carbocycles. The summed E-state index contributed by atoms with van der Waals surface area (Å²) in [7, 11) is -3.91. The molecule has 0 radical (unpaired) electrons. The lowest BCUT2D eigenvalue weighted by Crippen LogP contribution is -2.48. The third kappa shape index (κ3) is 4.00. The van der Waals surface area contributed by atoms with E-state index >= 15 is 0 Å². The monoisotopic (exact) mass is 427 g/mol. The van der Waals surface area contributed by atoms with E-state index in [4.69, 9.17) is 9.94 Å². The Morgan fingerprint density at radius 1 is 1.17 bits per heavy atom. The number of fused-ring (bicyclic) bond motifs is 1. The van der Waals surface area contributed by atoms with Crippen LogP contribution < -0.4 is 14.9 Å². The number of carbonyl (C=O) groups excluding carboxylic acids is 1. The van der Waals surface area contributed by atoms with Crippen molar-refractivity contribution in [1.29, 1.82) is 0 Å². The number of aryl methyl sites for hydroxylation is 1. The molecule has 156 valence electrons. The quantitative estimate of drug-likeness (QED) is 0.394. The number of rotatable bonds is 7. The summed E-state index contributed by atoms with van der Waals surface area (Å²) < 4.78 is 33.3. The van der Waals surface area contributed by atoms with Crippen molar-refractivity contribution in [2.24, 2.45) is 0 Å². The van der Waals surface area contributed by atoms with Crippen molar-refractivity contribution in [3.05, 3.63) is 65.9 Å². The van der Waals surface area contributed by atoms with E-state index in [1.165, 1.54) is 17.6 Å². The molecule has 0 unspecified atom stereocenters. The average Bonchev–Trinajstić information content (AvgIpc) is 3.51. The van der Waals surface area contributed by atoms with E-state index in [9.17, 15) is 13.2 Å². The first-order chi connectivity index (χ1) is 14.3. The molecule has 3 N–H and O–H groups in total. The maximum atomic E-state index is 12.6. The summed E-state index contributed by atoms with van der Waals surface area (Å²) in [5.74, 6) is -0.243. The zero-order valence-electron chi connectivity index (χ0n) is 16.3. The molecule has 4 rings (SSSR count). The topological polar surface area (TPSA) is 118 Å². The van der Waals surface area contributed by atoms with Crippen molar-refractivity contribution in [2.75, 3.05) is 0 Å². The van der Waals surface area contributed by atoms with Crippen LogP contribution in [-0.4, -0.2) is 30.1 Å². The van der Waals surface area contributed by atoms with E-state index < -0.39 is 21.5 Å². The molecule has 30 heavy (non-hydrogen) atoms. The van der Waals surface area contributed by atoms with Crippen LogP contribution in [0, 0.1) is 6.92 Å². The van der Waals surface area contributed by atoms with Gasteiger partial charge in [-0.3, -0.25) is 15.0 Å². The number of nitrogens with one attached hydrogen (secondary N) is 2. The minimum Gasteiger partial charge on any atom is -0.489 e. The molecular formula is C21H21N3O5S. The number of para-hydroxylation sites is 1. The summed E-state index contributed by atoms with van der Waals surface area (Å²) in [6.07, 6.45) is 0.665. The standard InChI is InChI=1S/C21H21N3O5S/c1-14-12-15(18-4-2-3-5-19(18)22-14)13-29-16-6-8-17(9-7-16)30(27,28)24-21(10-11-21)20(25)23-26/h2-9,12,24,26H,10-11,13H2,1H3,(H,23,25). The minimum absolute atomic E-state index is 0.0112. The molecule has 2 aromatic carbocycles. The van der Waals surface area contributed by atoms with E-state index in [0.29, 0.717) is 25.2 Å². The lowest BCUT2D eigenvalue weighted by atomic mass is 10.1. The lowest BCUT2D eigenvalue weighted by Gasteiger charge is -2.15. The van der Waals surface area contributed by atoms with Crippen molar-refractivity contribution in [3.63, 3.8) is 0 Å². The maximum absolute atomic E-state index is 12.6. The van der Waals surface area contributed by atoms with E-state index in [-0.39, 0.29) is 4.90 Å². The molecule has 1 amide bonds. The van der Waals surface area contributed by atoms with Gasteiger partial charge in [0.05, 0.1) is 10.4 Å². The van der Waals surface area contributed by atoms with Crippen LogP contribution in [0.1, 0.15) is 24.1 Å². The van der Waals surface area contributed by atoms with Gasteiger partial charge in [-0.1, -0.05) is 18.2 Å². The average molecular weight is 427 g/mol. The van der Waals surface area contributed by atoms with Gasteiger partial charge in [0, 0.05) is 16.6 Å². The van der Waals surface area contributed by atoms with E-state index in [0.717, 1.165) is 22.2 Å². The number of benzene rings is 2. The molecule has 0 saturated heterocycles. The largest absolute Gasteiger partial charge is 0.489 e. The van der Waals surface area contributed by atoms with Gasteiger partial charge in [0.25, 0.3) is 5.91 Å². The summed E-state index contributed by atoms with van der Waals surface area (Å²) in [5, 5.41) is 9.80. The van der Waals surface area contributed by atoms with E-state index in [1.54, 1.807) is 12.1 Å². The SMILES string of the molecule is Cc1cc(COc2ccc(S(=O)(=O)NC3(C(=O)NO)CC3)cc2)c2ccccc2n1. The Hall–Kier alpha value is -3.01. The van der Waals surface area contributed by atoms with Crippen LogP contribution in [0.5, 0.6) is 5.75 Å². The molecule has 1 fully saturated rings. The zero-order valence-corrected chi connectivity index (χ0v) is 17.1. The van der Waals surface area contributed by atoms with Crippen LogP contribution >= 0.6 is 0 Å². The molecule has 0 atom stereocenters. The molecule has 8 nitrogen and oxygen atoms in total. The van der Waals surface area contributed by atoms with Gasteiger partial charge < -0.3 is 4.74 Å². The molecule has 1 saturated carbocycles. The van der Waals surface area contributed by atoms with Gasteiger partial charge in [0.1, 0.15) is 17.9 Å².